The first kappa shape index (κ1) is 14.8. The van der Waals surface area contributed by atoms with Crippen LogP contribution >= 0.6 is 0 Å². The van der Waals surface area contributed by atoms with Gasteiger partial charge < -0.3 is 19.2 Å². The zero-order valence-corrected chi connectivity index (χ0v) is 11.4. The number of nitrogens with zero attached hydrogens (tertiary/aromatic N) is 2. The van der Waals surface area contributed by atoms with Crippen LogP contribution in [0.5, 0.6) is 5.88 Å². The number of anilines is 1. The van der Waals surface area contributed by atoms with Crippen molar-refractivity contribution in [3.05, 3.63) is 46.3 Å². The number of methoxy groups -OCH3 is 1. The molecule has 2 aromatic rings. The first-order valence-electron chi connectivity index (χ1n) is 6.24. The van der Waals surface area contributed by atoms with Gasteiger partial charge in [-0.1, -0.05) is 0 Å². The zero-order chi connectivity index (χ0) is 15.1. The highest BCUT2D eigenvalue weighted by molar-refractivity contribution is 5.42. The number of ether oxygens (including phenoxy) is 2. The van der Waals surface area contributed by atoms with Gasteiger partial charge in [-0.25, -0.2) is 4.98 Å². The van der Waals surface area contributed by atoms with Crippen LogP contribution in [0.15, 0.2) is 34.9 Å². The molecule has 0 saturated heterocycles. The second-order valence-corrected chi connectivity index (χ2v) is 4.08. The minimum Gasteiger partial charge on any atom is -0.475 e. The third-order valence-electron chi connectivity index (χ3n) is 2.57. The third kappa shape index (κ3) is 4.46. The lowest BCUT2D eigenvalue weighted by atomic mass is 10.4. The minimum atomic E-state index is -0.572. The highest BCUT2D eigenvalue weighted by atomic mass is 16.6. The molecule has 0 aliphatic rings. The number of rotatable bonds is 8. The Labute approximate surface area is 120 Å². The Morgan fingerprint density at radius 3 is 2.81 bits per heavy atom. The van der Waals surface area contributed by atoms with E-state index in [4.69, 9.17) is 13.9 Å². The van der Waals surface area contributed by atoms with Gasteiger partial charge in [0.25, 0.3) is 0 Å². The standard InChI is InChI=1S/C13H15N3O5/c1-19-6-7-20-12-4-2-10(8-15-12)14-9-11-3-5-13(21-11)16(17)18/h2-5,8,14H,6-7,9H2,1H3. The van der Waals surface area contributed by atoms with E-state index in [2.05, 4.69) is 10.3 Å². The topological polar surface area (TPSA) is 99.7 Å². The molecule has 0 spiro atoms. The number of nitrogens with one attached hydrogen (secondary N) is 1. The number of hydrogen-bond donors (Lipinski definition) is 1. The van der Waals surface area contributed by atoms with Crippen molar-refractivity contribution in [2.75, 3.05) is 25.6 Å². The molecule has 0 unspecified atom stereocenters. The summed E-state index contributed by atoms with van der Waals surface area (Å²) < 4.78 is 15.2. The normalized spacial score (nSPS) is 10.3. The summed E-state index contributed by atoms with van der Waals surface area (Å²) in [6, 6.07) is 6.40. The van der Waals surface area contributed by atoms with Crippen molar-refractivity contribution in [3.8, 4) is 5.88 Å². The van der Waals surface area contributed by atoms with Crippen LogP contribution in [0.4, 0.5) is 11.6 Å². The maximum absolute atomic E-state index is 10.5. The molecule has 0 saturated carbocycles. The van der Waals surface area contributed by atoms with Crippen molar-refractivity contribution in [1.29, 1.82) is 0 Å². The molecule has 0 aromatic carbocycles. The predicted molar refractivity (Wildman–Crippen MR) is 74.3 cm³/mol. The van der Waals surface area contributed by atoms with E-state index < -0.39 is 4.92 Å². The summed E-state index contributed by atoms with van der Waals surface area (Å²) in [6.07, 6.45) is 1.61. The molecule has 21 heavy (non-hydrogen) atoms. The van der Waals surface area contributed by atoms with E-state index in [1.807, 2.05) is 0 Å². The monoisotopic (exact) mass is 293 g/mol. The Morgan fingerprint density at radius 1 is 1.33 bits per heavy atom. The maximum Gasteiger partial charge on any atom is 0.433 e. The maximum atomic E-state index is 10.5. The lowest BCUT2D eigenvalue weighted by molar-refractivity contribution is -0.402. The van der Waals surface area contributed by atoms with Crippen molar-refractivity contribution in [1.82, 2.24) is 4.98 Å². The number of aromatic nitrogens is 1. The zero-order valence-electron chi connectivity index (χ0n) is 11.4. The van der Waals surface area contributed by atoms with Crippen LogP contribution in [0.1, 0.15) is 5.76 Å². The van der Waals surface area contributed by atoms with Gasteiger partial charge >= 0.3 is 5.88 Å². The molecule has 0 bridgehead atoms. The van der Waals surface area contributed by atoms with Crippen LogP contribution in [0.3, 0.4) is 0 Å². The molecule has 2 rings (SSSR count). The van der Waals surface area contributed by atoms with E-state index in [1.165, 1.54) is 6.07 Å². The summed E-state index contributed by atoms with van der Waals surface area (Å²) in [5.74, 6) is 0.708. The van der Waals surface area contributed by atoms with Crippen molar-refractivity contribution < 1.29 is 18.8 Å². The average Bonchev–Trinajstić information content (AvgIpc) is 2.96. The van der Waals surface area contributed by atoms with Crippen LogP contribution < -0.4 is 10.1 Å². The van der Waals surface area contributed by atoms with E-state index in [1.54, 1.807) is 31.5 Å². The first-order chi connectivity index (χ1) is 10.2. The largest absolute Gasteiger partial charge is 0.475 e. The van der Waals surface area contributed by atoms with Gasteiger partial charge in [-0.15, -0.1) is 0 Å². The lowest BCUT2D eigenvalue weighted by Crippen LogP contribution is -2.05. The molecule has 0 amide bonds. The fourth-order valence-electron chi connectivity index (χ4n) is 1.55. The SMILES string of the molecule is COCCOc1ccc(NCc2ccc([N+](=O)[O-])o2)cn1. The average molecular weight is 293 g/mol. The van der Waals surface area contributed by atoms with Gasteiger partial charge in [-0.3, -0.25) is 10.1 Å². The highest BCUT2D eigenvalue weighted by Gasteiger charge is 2.11. The first-order valence-corrected chi connectivity index (χ1v) is 6.24. The fourth-order valence-corrected chi connectivity index (χ4v) is 1.55. The van der Waals surface area contributed by atoms with Crippen LogP contribution in [0.2, 0.25) is 0 Å². The molecule has 1 N–H and O–H groups in total. The molecule has 0 radical (unpaired) electrons. The summed E-state index contributed by atoms with van der Waals surface area (Å²) >= 11 is 0. The quantitative estimate of drug-likeness (QED) is 0.452. The Kier molecular flexibility index (Phi) is 5.10. The van der Waals surface area contributed by atoms with Gasteiger partial charge in [0.1, 0.15) is 17.3 Å². The van der Waals surface area contributed by atoms with Gasteiger partial charge in [-0.05, 0) is 12.1 Å². The molecular weight excluding hydrogens is 278 g/mol. The van der Waals surface area contributed by atoms with E-state index in [0.717, 1.165) is 5.69 Å². The molecule has 2 heterocycles. The van der Waals surface area contributed by atoms with Crippen molar-refractivity contribution >= 4 is 11.6 Å². The number of furan rings is 1. The molecule has 8 nitrogen and oxygen atoms in total. The highest BCUT2D eigenvalue weighted by Crippen LogP contribution is 2.17. The molecule has 2 aromatic heterocycles. The summed E-state index contributed by atoms with van der Waals surface area (Å²) in [6.45, 7) is 1.27. The molecule has 0 aliphatic heterocycles. The molecular formula is C13H15N3O5. The van der Waals surface area contributed by atoms with E-state index in [0.29, 0.717) is 31.4 Å². The van der Waals surface area contributed by atoms with Gasteiger partial charge in [0.05, 0.1) is 31.1 Å². The fraction of sp³-hybridized carbons (Fsp3) is 0.308. The van der Waals surface area contributed by atoms with E-state index >= 15 is 0 Å². The van der Waals surface area contributed by atoms with Gasteiger partial charge in [0, 0.05) is 13.2 Å². The summed E-state index contributed by atoms with van der Waals surface area (Å²) in [4.78, 5) is 14.0. The second-order valence-electron chi connectivity index (χ2n) is 4.08. The van der Waals surface area contributed by atoms with Crippen LogP contribution in [-0.4, -0.2) is 30.2 Å². The predicted octanol–water partition coefficient (Wildman–Crippen LogP) is 2.22. The van der Waals surface area contributed by atoms with Crippen LogP contribution in [-0.2, 0) is 11.3 Å². The minimum absolute atomic E-state index is 0.271. The summed E-state index contributed by atoms with van der Waals surface area (Å²) in [5.41, 5.74) is 0.758. The van der Waals surface area contributed by atoms with Crippen LogP contribution in [0, 0.1) is 10.1 Å². The molecule has 0 atom stereocenters. The van der Waals surface area contributed by atoms with E-state index in [-0.39, 0.29) is 5.88 Å². The summed E-state index contributed by atoms with van der Waals surface area (Å²) in [5, 5.41) is 13.5. The Morgan fingerprint density at radius 2 is 2.19 bits per heavy atom. The smallest absolute Gasteiger partial charge is 0.433 e. The Bertz CT molecular complexity index is 582. The van der Waals surface area contributed by atoms with Gasteiger partial charge in [0.15, 0.2) is 0 Å². The lowest BCUT2D eigenvalue weighted by Gasteiger charge is -2.06. The van der Waals surface area contributed by atoms with Crippen molar-refractivity contribution in [2.24, 2.45) is 0 Å². The van der Waals surface area contributed by atoms with Gasteiger partial charge in [-0.2, -0.15) is 0 Å². The molecule has 8 heteroatoms. The van der Waals surface area contributed by atoms with Crippen molar-refractivity contribution in [2.45, 2.75) is 6.54 Å². The van der Waals surface area contributed by atoms with Gasteiger partial charge in [0.2, 0.25) is 5.88 Å². The molecule has 112 valence electrons. The van der Waals surface area contributed by atoms with Crippen LogP contribution in [0.25, 0.3) is 0 Å². The van der Waals surface area contributed by atoms with E-state index in [9.17, 15) is 10.1 Å². The molecule has 0 aliphatic carbocycles. The number of pyridine rings is 1. The molecule has 0 fully saturated rings. The Balaban J connectivity index is 1.83. The van der Waals surface area contributed by atoms with Crippen molar-refractivity contribution in [3.63, 3.8) is 0 Å². The second kappa shape index (κ2) is 7.25. The number of hydrogen-bond acceptors (Lipinski definition) is 7. The summed E-state index contributed by atoms with van der Waals surface area (Å²) in [7, 11) is 1.60. The third-order valence-corrected chi connectivity index (χ3v) is 2.57. The Hall–Kier alpha value is -2.61. The number of nitro groups is 1.